The molecule has 7 rings (SSSR count). The van der Waals surface area contributed by atoms with E-state index in [2.05, 4.69) is 145 Å². The van der Waals surface area contributed by atoms with Crippen molar-refractivity contribution < 1.29 is 0 Å². The van der Waals surface area contributed by atoms with Gasteiger partial charge in [-0.05, 0) is 68.3 Å². The second-order valence-corrected chi connectivity index (χ2v) is 10.7. The third kappa shape index (κ3) is 3.04. The van der Waals surface area contributed by atoms with Crippen LogP contribution in [0.5, 0.6) is 0 Å². The lowest BCUT2D eigenvalue weighted by molar-refractivity contribution is 0.423. The van der Waals surface area contributed by atoms with Gasteiger partial charge in [-0.25, -0.2) is 0 Å². The van der Waals surface area contributed by atoms with Crippen LogP contribution in [0.1, 0.15) is 20.8 Å². The van der Waals surface area contributed by atoms with E-state index in [-0.39, 0.29) is 5.54 Å². The molecule has 0 amide bonds. The van der Waals surface area contributed by atoms with Gasteiger partial charge in [0.1, 0.15) is 0 Å². The van der Waals surface area contributed by atoms with E-state index < -0.39 is 0 Å². The monoisotopic (exact) mass is 464 g/mol. The molecule has 0 spiro atoms. The Hall–Kier alpha value is -4.30. The largest absolute Gasteiger partial charge is 0.335 e. The maximum Gasteiger partial charge on any atom is 0.0562 e. The van der Waals surface area contributed by atoms with E-state index >= 15 is 0 Å². The summed E-state index contributed by atoms with van der Waals surface area (Å²) in [6, 6.07) is 41.9. The number of benzene rings is 5. The predicted octanol–water partition coefficient (Wildman–Crippen LogP) is 9.31. The summed E-state index contributed by atoms with van der Waals surface area (Å²) < 4.78 is 4.92. The van der Waals surface area contributed by atoms with E-state index in [1.54, 1.807) is 0 Å². The number of aromatic nitrogens is 2. The molecule has 0 aliphatic rings. The normalized spacial score (nSPS) is 12.3. The highest BCUT2D eigenvalue weighted by Crippen LogP contribution is 2.40. The molecule has 0 aliphatic carbocycles. The number of fused-ring (bicyclic) bond motifs is 6. The third-order valence-electron chi connectivity index (χ3n) is 7.37. The molecule has 0 atom stereocenters. The van der Waals surface area contributed by atoms with E-state index in [4.69, 9.17) is 0 Å². The molecular weight excluding hydrogens is 436 g/mol. The van der Waals surface area contributed by atoms with Crippen molar-refractivity contribution in [2.45, 2.75) is 26.3 Å². The molecule has 2 heterocycles. The number of rotatable bonds is 2. The Bertz CT molecular complexity index is 1890. The van der Waals surface area contributed by atoms with Gasteiger partial charge < -0.3 is 9.13 Å². The van der Waals surface area contributed by atoms with Crippen LogP contribution in [0.4, 0.5) is 0 Å². The summed E-state index contributed by atoms with van der Waals surface area (Å²) in [4.78, 5) is 0. The molecule has 36 heavy (non-hydrogen) atoms. The fraction of sp³-hybridized carbons (Fsp3) is 0.118. The van der Waals surface area contributed by atoms with Gasteiger partial charge in [0.2, 0.25) is 0 Å². The van der Waals surface area contributed by atoms with Gasteiger partial charge in [0.05, 0.1) is 16.6 Å². The van der Waals surface area contributed by atoms with Gasteiger partial charge in [-0.3, -0.25) is 0 Å². The molecule has 0 fully saturated rings. The molecule has 0 bridgehead atoms. The average molecular weight is 465 g/mol. The minimum atomic E-state index is -0.0385. The van der Waals surface area contributed by atoms with Crippen LogP contribution in [-0.2, 0) is 5.54 Å². The predicted molar refractivity (Wildman–Crippen MR) is 154 cm³/mol. The molecule has 5 aromatic carbocycles. The topological polar surface area (TPSA) is 9.86 Å². The molecular formula is C34H28N2. The van der Waals surface area contributed by atoms with Crippen molar-refractivity contribution >= 4 is 43.6 Å². The van der Waals surface area contributed by atoms with Crippen molar-refractivity contribution in [1.29, 1.82) is 0 Å². The third-order valence-corrected chi connectivity index (χ3v) is 7.37. The van der Waals surface area contributed by atoms with Crippen LogP contribution in [0.25, 0.3) is 60.4 Å². The molecule has 2 heteroatoms. The first-order valence-electron chi connectivity index (χ1n) is 12.6. The molecule has 0 N–H and O–H groups in total. The molecule has 0 saturated carbocycles. The number of nitrogens with zero attached hydrogens (tertiary/aromatic N) is 2. The summed E-state index contributed by atoms with van der Waals surface area (Å²) in [5, 5.41) is 5.21. The van der Waals surface area contributed by atoms with Crippen LogP contribution in [0.15, 0.2) is 115 Å². The molecule has 2 nitrogen and oxygen atoms in total. The summed E-state index contributed by atoms with van der Waals surface area (Å²) >= 11 is 0. The fourth-order valence-corrected chi connectivity index (χ4v) is 5.87. The lowest BCUT2D eigenvalue weighted by Gasteiger charge is -2.24. The first-order chi connectivity index (χ1) is 17.5. The van der Waals surface area contributed by atoms with Crippen molar-refractivity contribution in [2.24, 2.45) is 0 Å². The Balaban J connectivity index is 1.56. The quantitative estimate of drug-likeness (QED) is 0.241. The average Bonchev–Trinajstić information content (AvgIpc) is 3.40. The fourth-order valence-electron chi connectivity index (χ4n) is 5.87. The molecule has 174 valence electrons. The van der Waals surface area contributed by atoms with Gasteiger partial charge in [-0.2, -0.15) is 0 Å². The number of hydrogen-bond acceptors (Lipinski definition) is 0. The number of hydrogen-bond donors (Lipinski definition) is 0. The first-order valence-corrected chi connectivity index (χ1v) is 12.6. The van der Waals surface area contributed by atoms with Crippen LogP contribution in [0, 0.1) is 0 Å². The van der Waals surface area contributed by atoms with Crippen LogP contribution < -0.4 is 0 Å². The summed E-state index contributed by atoms with van der Waals surface area (Å²) in [7, 11) is 0. The minimum absolute atomic E-state index is 0.0385. The van der Waals surface area contributed by atoms with Gasteiger partial charge in [-0.1, -0.05) is 78.9 Å². The summed E-state index contributed by atoms with van der Waals surface area (Å²) in [5.41, 5.74) is 8.65. The van der Waals surface area contributed by atoms with E-state index in [1.165, 1.54) is 60.4 Å². The Labute approximate surface area is 211 Å². The van der Waals surface area contributed by atoms with Crippen molar-refractivity contribution in [3.8, 4) is 16.8 Å². The molecule has 0 aliphatic heterocycles. The Kier molecular flexibility index (Phi) is 4.44. The second-order valence-electron chi connectivity index (χ2n) is 10.7. The summed E-state index contributed by atoms with van der Waals surface area (Å²) in [6.45, 7) is 6.88. The minimum Gasteiger partial charge on any atom is -0.335 e. The highest BCUT2D eigenvalue weighted by Gasteiger charge is 2.22. The maximum absolute atomic E-state index is 2.50. The Morgan fingerprint density at radius 3 is 1.69 bits per heavy atom. The summed E-state index contributed by atoms with van der Waals surface area (Å²) in [6.07, 6.45) is 0. The first kappa shape index (κ1) is 21.0. The van der Waals surface area contributed by atoms with Crippen LogP contribution in [0.3, 0.4) is 0 Å². The van der Waals surface area contributed by atoms with Gasteiger partial charge >= 0.3 is 0 Å². The zero-order chi connectivity index (χ0) is 24.4. The van der Waals surface area contributed by atoms with Crippen LogP contribution in [-0.4, -0.2) is 9.13 Å². The molecule has 2 aromatic heterocycles. The van der Waals surface area contributed by atoms with Gasteiger partial charge in [0.15, 0.2) is 0 Å². The molecule has 0 saturated heterocycles. The smallest absolute Gasteiger partial charge is 0.0562 e. The van der Waals surface area contributed by atoms with Crippen molar-refractivity contribution in [1.82, 2.24) is 9.13 Å². The van der Waals surface area contributed by atoms with E-state index in [1.807, 2.05) is 0 Å². The van der Waals surface area contributed by atoms with Crippen molar-refractivity contribution in [3.63, 3.8) is 0 Å². The van der Waals surface area contributed by atoms with Crippen LogP contribution >= 0.6 is 0 Å². The molecule has 7 aromatic rings. The van der Waals surface area contributed by atoms with E-state index in [9.17, 15) is 0 Å². The SMILES string of the molecule is CC(C)(C)n1c2ccccc2c2cc3c4ccccc4n(-c4ccc(-c5ccccc5)cc4)c3cc21. The van der Waals surface area contributed by atoms with Gasteiger partial charge in [0, 0.05) is 38.3 Å². The Morgan fingerprint density at radius 1 is 0.444 bits per heavy atom. The van der Waals surface area contributed by atoms with E-state index in [0.29, 0.717) is 0 Å². The lowest BCUT2D eigenvalue weighted by atomic mass is 10.1. The maximum atomic E-state index is 2.50. The lowest BCUT2D eigenvalue weighted by Crippen LogP contribution is -2.21. The zero-order valence-electron chi connectivity index (χ0n) is 20.9. The highest BCUT2D eigenvalue weighted by molar-refractivity contribution is 6.18. The molecule has 0 unspecified atom stereocenters. The van der Waals surface area contributed by atoms with Crippen molar-refractivity contribution in [3.05, 3.63) is 115 Å². The van der Waals surface area contributed by atoms with E-state index in [0.717, 1.165) is 0 Å². The van der Waals surface area contributed by atoms with Gasteiger partial charge in [0.25, 0.3) is 0 Å². The second kappa shape index (κ2) is 7.60. The summed E-state index contributed by atoms with van der Waals surface area (Å²) in [5.74, 6) is 0. The van der Waals surface area contributed by atoms with Crippen molar-refractivity contribution in [2.75, 3.05) is 0 Å². The highest BCUT2D eigenvalue weighted by atomic mass is 15.1. The zero-order valence-corrected chi connectivity index (χ0v) is 20.9. The van der Waals surface area contributed by atoms with Gasteiger partial charge in [-0.15, -0.1) is 0 Å². The Morgan fingerprint density at radius 2 is 1.00 bits per heavy atom. The number of para-hydroxylation sites is 2. The van der Waals surface area contributed by atoms with Crippen LogP contribution in [0.2, 0.25) is 0 Å². The molecule has 0 radical (unpaired) electrons. The standard InChI is InChI=1S/C34H28N2/c1-34(2,3)36-31-16-10-8-14-27(31)29-21-28-26-13-7-9-15-30(26)35(32(28)22-33(29)36)25-19-17-24(18-20-25)23-11-5-4-6-12-23/h4-22H,1-3H3.